The van der Waals surface area contributed by atoms with Crippen molar-refractivity contribution in [3.63, 3.8) is 0 Å². The minimum absolute atomic E-state index is 0.00360. The Labute approximate surface area is 226 Å². The summed E-state index contributed by atoms with van der Waals surface area (Å²) in [5, 5.41) is 10.5. The predicted octanol–water partition coefficient (Wildman–Crippen LogP) is 3.01. The van der Waals surface area contributed by atoms with Crippen LogP contribution in [-0.4, -0.2) is 101 Å². The van der Waals surface area contributed by atoms with E-state index in [1.165, 1.54) is 24.3 Å². The van der Waals surface area contributed by atoms with E-state index in [4.69, 9.17) is 21.3 Å². The van der Waals surface area contributed by atoms with E-state index in [0.717, 1.165) is 0 Å². The summed E-state index contributed by atoms with van der Waals surface area (Å²) in [6.07, 6.45) is 1.25. The smallest absolute Gasteiger partial charge is 0.261 e. The highest BCUT2D eigenvalue weighted by Gasteiger charge is 2.42. The number of aromatic nitrogens is 1. The molecule has 0 aliphatic carbocycles. The predicted molar refractivity (Wildman–Crippen MR) is 142 cm³/mol. The summed E-state index contributed by atoms with van der Waals surface area (Å²) in [7, 11) is 2.04. The average Bonchev–Trinajstić information content (AvgIpc) is 3.03. The largest absolute Gasteiger partial charge is 0.507 e. The van der Waals surface area contributed by atoms with Crippen LogP contribution in [0.4, 0.5) is 10.2 Å². The van der Waals surface area contributed by atoms with Gasteiger partial charge in [0.1, 0.15) is 40.3 Å². The van der Waals surface area contributed by atoms with Crippen molar-refractivity contribution >= 4 is 29.2 Å². The van der Waals surface area contributed by atoms with Crippen molar-refractivity contribution in [3.8, 4) is 22.8 Å². The fourth-order valence-electron chi connectivity index (χ4n) is 5.34. The number of amides is 2. The van der Waals surface area contributed by atoms with Crippen LogP contribution < -0.4 is 9.64 Å². The zero-order valence-electron chi connectivity index (χ0n) is 21.7. The molecule has 1 atom stereocenters. The van der Waals surface area contributed by atoms with Crippen LogP contribution in [0.3, 0.4) is 0 Å². The maximum atomic E-state index is 15.0. The molecule has 0 bridgehead atoms. The molecule has 0 unspecified atom stereocenters. The first kappa shape index (κ1) is 26.2. The molecule has 9 nitrogen and oxygen atoms in total. The van der Waals surface area contributed by atoms with Crippen LogP contribution >= 0.6 is 11.6 Å². The maximum absolute atomic E-state index is 15.0. The number of hydrogen-bond acceptors (Lipinski definition) is 7. The topological polar surface area (TPSA) is 89.5 Å². The summed E-state index contributed by atoms with van der Waals surface area (Å²) in [6.45, 7) is 10.6. The van der Waals surface area contributed by atoms with Gasteiger partial charge in [-0.2, -0.15) is 0 Å². The third-order valence-electron chi connectivity index (χ3n) is 7.78. The SMILES string of the molecule is C=CC(=O)N1CCN2C(=O)c3c(N4CCN(C)C(C)(C)C4)nc(-c4c(O)cccc4F)c(Cl)c3OC[C@H]2C1. The quantitative estimate of drug-likeness (QED) is 0.595. The van der Waals surface area contributed by atoms with Crippen molar-refractivity contribution in [1.29, 1.82) is 0 Å². The Balaban J connectivity index is 1.67. The fraction of sp³-hybridized carbons (Fsp3) is 0.444. The summed E-state index contributed by atoms with van der Waals surface area (Å²) in [5.41, 5.74) is -0.179. The second kappa shape index (κ2) is 9.74. The van der Waals surface area contributed by atoms with Gasteiger partial charge in [0.05, 0.1) is 11.6 Å². The Morgan fingerprint density at radius 3 is 2.71 bits per heavy atom. The van der Waals surface area contributed by atoms with Gasteiger partial charge >= 0.3 is 0 Å². The molecule has 0 radical (unpaired) electrons. The number of carbonyl (C=O) groups excluding carboxylic acids is 2. The molecule has 1 N–H and O–H groups in total. The van der Waals surface area contributed by atoms with Crippen LogP contribution in [0.2, 0.25) is 5.02 Å². The Morgan fingerprint density at radius 1 is 1.26 bits per heavy atom. The van der Waals surface area contributed by atoms with Crippen LogP contribution in [0.15, 0.2) is 30.9 Å². The molecule has 202 valence electrons. The van der Waals surface area contributed by atoms with Crippen LogP contribution in [0, 0.1) is 5.82 Å². The molecule has 38 heavy (non-hydrogen) atoms. The summed E-state index contributed by atoms with van der Waals surface area (Å²) in [4.78, 5) is 38.7. The van der Waals surface area contributed by atoms with Crippen LogP contribution in [0.25, 0.3) is 11.3 Å². The monoisotopic (exact) mass is 543 g/mol. The zero-order valence-corrected chi connectivity index (χ0v) is 22.5. The van der Waals surface area contributed by atoms with Crippen molar-refractivity contribution in [2.75, 3.05) is 57.8 Å². The van der Waals surface area contributed by atoms with Gasteiger partial charge in [0.25, 0.3) is 5.91 Å². The fourth-order valence-corrected chi connectivity index (χ4v) is 5.62. The van der Waals surface area contributed by atoms with Gasteiger partial charge < -0.3 is 24.5 Å². The Morgan fingerprint density at radius 2 is 2.03 bits per heavy atom. The highest BCUT2D eigenvalue weighted by Crippen LogP contribution is 2.46. The number of anilines is 1. The number of rotatable bonds is 3. The number of phenols is 1. The van der Waals surface area contributed by atoms with Gasteiger partial charge in [-0.1, -0.05) is 24.2 Å². The van der Waals surface area contributed by atoms with E-state index in [1.807, 2.05) is 11.9 Å². The van der Waals surface area contributed by atoms with Crippen molar-refractivity contribution < 1.29 is 23.8 Å². The zero-order chi connectivity index (χ0) is 27.4. The molecule has 0 spiro atoms. The van der Waals surface area contributed by atoms with Crippen molar-refractivity contribution in [1.82, 2.24) is 19.7 Å². The first-order valence-electron chi connectivity index (χ1n) is 12.6. The number of pyridine rings is 1. The minimum atomic E-state index is -0.694. The molecule has 1 aromatic carbocycles. The lowest BCUT2D eigenvalue weighted by atomic mass is 9.98. The van der Waals surface area contributed by atoms with E-state index in [0.29, 0.717) is 38.5 Å². The van der Waals surface area contributed by atoms with Crippen LogP contribution in [-0.2, 0) is 4.79 Å². The van der Waals surface area contributed by atoms with Gasteiger partial charge in [-0.15, -0.1) is 0 Å². The lowest BCUT2D eigenvalue weighted by molar-refractivity contribution is -0.128. The van der Waals surface area contributed by atoms with E-state index in [-0.39, 0.29) is 63.8 Å². The molecule has 3 aliphatic rings. The lowest BCUT2D eigenvalue weighted by Gasteiger charge is -2.46. The Bertz CT molecular complexity index is 1300. The maximum Gasteiger partial charge on any atom is 0.261 e. The third kappa shape index (κ3) is 4.35. The molecule has 1 aromatic heterocycles. The number of hydrogen-bond donors (Lipinski definition) is 1. The van der Waals surface area contributed by atoms with Crippen molar-refractivity contribution in [3.05, 3.63) is 47.3 Å². The number of nitrogens with zero attached hydrogens (tertiary/aromatic N) is 5. The second-order valence-corrected chi connectivity index (χ2v) is 10.9. The number of carbonyl (C=O) groups is 2. The minimum Gasteiger partial charge on any atom is -0.507 e. The van der Waals surface area contributed by atoms with Crippen molar-refractivity contribution in [2.24, 2.45) is 0 Å². The van der Waals surface area contributed by atoms with Gasteiger partial charge in [0.15, 0.2) is 5.75 Å². The molecule has 11 heteroatoms. The molecule has 3 aliphatic heterocycles. The number of ether oxygens (including phenoxy) is 1. The number of phenolic OH excluding ortho intramolecular Hbond substituents is 1. The molecule has 5 rings (SSSR count). The third-order valence-corrected chi connectivity index (χ3v) is 8.13. The standard InChI is InChI=1S/C27H31ClFN5O4/c1-5-19(36)32-11-12-34-16(13-32)14-38-24-21(26(34)37)25(33-10-9-31(4)27(2,3)15-33)30-23(22(24)28)20-17(29)7-6-8-18(20)35/h5-8,16,35H,1,9-15H2,2-4H3/t16-/m1/s1. The molecular formula is C27H31ClFN5O4. The number of benzene rings is 1. The summed E-state index contributed by atoms with van der Waals surface area (Å²) >= 11 is 6.79. The van der Waals surface area contributed by atoms with Gasteiger partial charge in [-0.05, 0) is 39.1 Å². The van der Waals surface area contributed by atoms with Gasteiger partial charge in [0, 0.05) is 44.8 Å². The van der Waals surface area contributed by atoms with E-state index in [1.54, 1.807) is 9.80 Å². The van der Waals surface area contributed by atoms with Gasteiger partial charge in [-0.3, -0.25) is 14.5 Å². The molecular weight excluding hydrogens is 513 g/mol. The van der Waals surface area contributed by atoms with E-state index < -0.39 is 11.9 Å². The number of halogens is 2. The number of fused-ring (bicyclic) bond motifs is 2. The number of piperazine rings is 2. The van der Waals surface area contributed by atoms with Gasteiger partial charge in [0.2, 0.25) is 5.91 Å². The highest BCUT2D eigenvalue weighted by molar-refractivity contribution is 6.35. The first-order valence-corrected chi connectivity index (χ1v) is 12.9. The Kier molecular flexibility index (Phi) is 6.73. The lowest BCUT2D eigenvalue weighted by Crippen LogP contribution is -2.59. The van der Waals surface area contributed by atoms with Crippen molar-refractivity contribution in [2.45, 2.75) is 25.4 Å². The van der Waals surface area contributed by atoms with E-state index >= 15 is 4.39 Å². The Hall–Kier alpha value is -3.37. The molecule has 2 amide bonds. The van der Waals surface area contributed by atoms with Crippen LogP contribution in [0.5, 0.6) is 11.5 Å². The van der Waals surface area contributed by atoms with Gasteiger partial charge in [-0.25, -0.2) is 9.37 Å². The molecule has 0 saturated carbocycles. The molecule has 2 aromatic rings. The van der Waals surface area contributed by atoms with Crippen LogP contribution in [0.1, 0.15) is 24.2 Å². The summed E-state index contributed by atoms with van der Waals surface area (Å²) < 4.78 is 21.2. The first-order chi connectivity index (χ1) is 18.0. The number of likely N-dealkylation sites (N-methyl/N-ethyl adjacent to an activating group) is 1. The normalized spacial score (nSPS) is 21.3. The highest BCUT2D eigenvalue weighted by atomic mass is 35.5. The number of aromatic hydroxyl groups is 1. The molecule has 2 saturated heterocycles. The summed E-state index contributed by atoms with van der Waals surface area (Å²) in [6, 6.07) is 3.56. The van der Waals surface area contributed by atoms with E-state index in [9.17, 15) is 14.7 Å². The second-order valence-electron chi connectivity index (χ2n) is 10.5. The molecule has 4 heterocycles. The summed E-state index contributed by atoms with van der Waals surface area (Å²) in [5.74, 6) is -1.10. The molecule has 2 fully saturated rings. The average molecular weight is 544 g/mol. The van der Waals surface area contributed by atoms with E-state index in [2.05, 4.69) is 25.3 Å².